The molecule has 2 rings (SSSR count). The maximum atomic E-state index is 4.36. The molecule has 2 aromatic rings. The van der Waals surface area contributed by atoms with Crippen LogP contribution in [0.4, 0.5) is 5.95 Å². The third-order valence-corrected chi connectivity index (χ3v) is 2.35. The molecule has 0 saturated carbocycles. The molecule has 0 aliphatic heterocycles. The summed E-state index contributed by atoms with van der Waals surface area (Å²) in [4.78, 5) is 4.36. The van der Waals surface area contributed by atoms with Crippen LogP contribution in [-0.2, 0) is 20.6 Å². The van der Waals surface area contributed by atoms with Crippen LogP contribution in [0.25, 0.3) is 0 Å². The Kier molecular flexibility index (Phi) is 2.45. The molecule has 0 fully saturated rings. The Morgan fingerprint density at radius 3 is 2.73 bits per heavy atom. The number of anilines is 1. The van der Waals surface area contributed by atoms with Crippen molar-refractivity contribution in [1.29, 1.82) is 0 Å². The van der Waals surface area contributed by atoms with Gasteiger partial charge in [-0.25, -0.2) is 4.98 Å². The normalized spacial score (nSPS) is 10.6. The number of aryl methyl sites for hydroxylation is 3. The Bertz CT molecular complexity index is 454. The monoisotopic (exact) mass is 205 g/mol. The van der Waals surface area contributed by atoms with Crippen LogP contribution in [0.15, 0.2) is 18.5 Å². The summed E-state index contributed by atoms with van der Waals surface area (Å²) in [5, 5.41) is 7.37. The molecule has 0 radical (unpaired) electrons. The molecule has 5 heteroatoms. The summed E-state index contributed by atoms with van der Waals surface area (Å²) >= 11 is 0. The zero-order chi connectivity index (χ0) is 10.8. The minimum atomic E-state index is 0.737. The molecular weight excluding hydrogens is 190 g/mol. The molecule has 15 heavy (non-hydrogen) atoms. The van der Waals surface area contributed by atoms with Gasteiger partial charge >= 0.3 is 0 Å². The number of aromatic nitrogens is 4. The maximum absolute atomic E-state index is 4.36. The summed E-state index contributed by atoms with van der Waals surface area (Å²) < 4.78 is 3.83. The fourth-order valence-electron chi connectivity index (χ4n) is 1.52. The van der Waals surface area contributed by atoms with Crippen molar-refractivity contribution < 1.29 is 0 Å². The third kappa shape index (κ3) is 2.01. The minimum absolute atomic E-state index is 0.737. The molecule has 0 spiro atoms. The van der Waals surface area contributed by atoms with E-state index in [9.17, 15) is 0 Å². The fraction of sp³-hybridized carbons (Fsp3) is 0.400. The van der Waals surface area contributed by atoms with Gasteiger partial charge in [-0.05, 0) is 13.0 Å². The van der Waals surface area contributed by atoms with Gasteiger partial charge in [0.15, 0.2) is 0 Å². The van der Waals surface area contributed by atoms with Crippen LogP contribution in [0.1, 0.15) is 11.4 Å². The van der Waals surface area contributed by atoms with Gasteiger partial charge in [-0.2, -0.15) is 5.10 Å². The molecule has 80 valence electrons. The van der Waals surface area contributed by atoms with Gasteiger partial charge in [0.25, 0.3) is 0 Å². The van der Waals surface area contributed by atoms with Crippen molar-refractivity contribution in [1.82, 2.24) is 19.3 Å². The molecule has 0 aromatic carbocycles. The SMILES string of the molecule is Cc1cn(C)c(NCc2ccnn2C)n1. The Balaban J connectivity index is 2.05. The van der Waals surface area contributed by atoms with E-state index in [1.54, 1.807) is 6.20 Å². The van der Waals surface area contributed by atoms with Crippen molar-refractivity contribution in [2.24, 2.45) is 14.1 Å². The van der Waals surface area contributed by atoms with Crippen LogP contribution >= 0.6 is 0 Å². The highest BCUT2D eigenvalue weighted by molar-refractivity contribution is 5.29. The number of nitrogens with one attached hydrogen (secondary N) is 1. The average molecular weight is 205 g/mol. The van der Waals surface area contributed by atoms with Crippen LogP contribution in [-0.4, -0.2) is 19.3 Å². The highest BCUT2D eigenvalue weighted by Gasteiger charge is 2.03. The molecule has 0 aliphatic carbocycles. The summed E-state index contributed by atoms with van der Waals surface area (Å²) in [5.41, 5.74) is 2.15. The van der Waals surface area contributed by atoms with E-state index >= 15 is 0 Å². The second-order valence-corrected chi connectivity index (χ2v) is 3.62. The lowest BCUT2D eigenvalue weighted by molar-refractivity contribution is 0.717. The van der Waals surface area contributed by atoms with E-state index in [-0.39, 0.29) is 0 Å². The van der Waals surface area contributed by atoms with E-state index in [1.165, 1.54) is 0 Å². The first-order valence-electron chi connectivity index (χ1n) is 4.87. The first-order valence-corrected chi connectivity index (χ1v) is 4.87. The van der Waals surface area contributed by atoms with E-state index in [1.807, 2.05) is 42.5 Å². The summed E-state index contributed by atoms with van der Waals surface area (Å²) in [6.45, 7) is 2.72. The van der Waals surface area contributed by atoms with E-state index in [0.29, 0.717) is 0 Å². The van der Waals surface area contributed by atoms with Crippen molar-refractivity contribution in [3.8, 4) is 0 Å². The summed E-state index contributed by atoms with van der Waals surface area (Å²) in [6.07, 6.45) is 3.78. The molecule has 2 aromatic heterocycles. The predicted molar refractivity (Wildman–Crippen MR) is 58.5 cm³/mol. The van der Waals surface area contributed by atoms with Crippen molar-refractivity contribution >= 4 is 5.95 Å². The van der Waals surface area contributed by atoms with Crippen LogP contribution < -0.4 is 5.32 Å². The highest BCUT2D eigenvalue weighted by atomic mass is 15.3. The molecule has 1 N–H and O–H groups in total. The number of imidazole rings is 1. The van der Waals surface area contributed by atoms with Gasteiger partial charge in [-0.1, -0.05) is 0 Å². The van der Waals surface area contributed by atoms with Crippen molar-refractivity contribution in [2.75, 3.05) is 5.32 Å². The lowest BCUT2D eigenvalue weighted by Gasteiger charge is -2.05. The quantitative estimate of drug-likeness (QED) is 0.815. The Morgan fingerprint density at radius 1 is 1.40 bits per heavy atom. The van der Waals surface area contributed by atoms with Gasteiger partial charge in [-0.3, -0.25) is 4.68 Å². The average Bonchev–Trinajstić information content (AvgIpc) is 2.70. The molecular formula is C10H15N5. The van der Waals surface area contributed by atoms with Gasteiger partial charge in [0.05, 0.1) is 17.9 Å². The first kappa shape index (κ1) is 9.76. The summed E-state index contributed by atoms with van der Waals surface area (Å²) in [7, 11) is 3.91. The van der Waals surface area contributed by atoms with Crippen molar-refractivity contribution in [3.05, 3.63) is 29.8 Å². The summed E-state index contributed by atoms with van der Waals surface area (Å²) in [6, 6.07) is 1.99. The van der Waals surface area contributed by atoms with E-state index in [2.05, 4.69) is 15.4 Å². The molecule has 2 heterocycles. The molecule has 0 atom stereocenters. The standard InChI is InChI=1S/C10H15N5/c1-8-7-14(2)10(13-8)11-6-9-4-5-12-15(9)3/h4-5,7H,6H2,1-3H3,(H,11,13). The second-order valence-electron chi connectivity index (χ2n) is 3.62. The molecule has 0 unspecified atom stereocenters. The lowest BCUT2D eigenvalue weighted by atomic mass is 10.4. The van der Waals surface area contributed by atoms with Crippen molar-refractivity contribution in [3.63, 3.8) is 0 Å². The van der Waals surface area contributed by atoms with Crippen molar-refractivity contribution in [2.45, 2.75) is 13.5 Å². The topological polar surface area (TPSA) is 47.7 Å². The van der Waals surface area contributed by atoms with Gasteiger partial charge in [-0.15, -0.1) is 0 Å². The van der Waals surface area contributed by atoms with E-state index in [4.69, 9.17) is 0 Å². The smallest absolute Gasteiger partial charge is 0.203 e. The first-order chi connectivity index (χ1) is 7.16. The number of nitrogens with zero attached hydrogens (tertiary/aromatic N) is 4. The maximum Gasteiger partial charge on any atom is 0.203 e. The molecule has 0 bridgehead atoms. The Labute approximate surface area is 88.7 Å². The van der Waals surface area contributed by atoms with Gasteiger partial charge in [0.1, 0.15) is 0 Å². The van der Waals surface area contributed by atoms with Crippen LogP contribution in [0.5, 0.6) is 0 Å². The van der Waals surface area contributed by atoms with E-state index < -0.39 is 0 Å². The van der Waals surface area contributed by atoms with Crippen LogP contribution in [0, 0.1) is 6.92 Å². The molecule has 5 nitrogen and oxygen atoms in total. The molecule has 0 aliphatic rings. The molecule has 0 amide bonds. The fourth-order valence-corrected chi connectivity index (χ4v) is 1.52. The number of hydrogen-bond acceptors (Lipinski definition) is 3. The second kappa shape index (κ2) is 3.76. The van der Waals surface area contributed by atoms with Crippen LogP contribution in [0.3, 0.4) is 0 Å². The van der Waals surface area contributed by atoms with Gasteiger partial charge in [0.2, 0.25) is 5.95 Å². The number of rotatable bonds is 3. The number of hydrogen-bond donors (Lipinski definition) is 1. The predicted octanol–water partition coefficient (Wildman–Crippen LogP) is 1.07. The zero-order valence-electron chi connectivity index (χ0n) is 9.23. The minimum Gasteiger partial charge on any atom is -0.350 e. The largest absolute Gasteiger partial charge is 0.350 e. The highest BCUT2D eigenvalue weighted by Crippen LogP contribution is 2.07. The lowest BCUT2D eigenvalue weighted by Crippen LogP contribution is -2.08. The van der Waals surface area contributed by atoms with Gasteiger partial charge < -0.3 is 9.88 Å². The van der Waals surface area contributed by atoms with E-state index in [0.717, 1.165) is 23.9 Å². The Morgan fingerprint density at radius 2 is 2.20 bits per heavy atom. The summed E-state index contributed by atoms with van der Waals surface area (Å²) in [5.74, 6) is 0.883. The zero-order valence-corrected chi connectivity index (χ0v) is 9.23. The van der Waals surface area contributed by atoms with Crippen LogP contribution in [0.2, 0.25) is 0 Å². The van der Waals surface area contributed by atoms with Gasteiger partial charge in [0, 0.05) is 26.5 Å². The molecule has 0 saturated heterocycles. The Hall–Kier alpha value is -1.78. The third-order valence-electron chi connectivity index (χ3n) is 2.35.